The monoisotopic (exact) mass is 290 g/mol. The van der Waals surface area contributed by atoms with E-state index in [9.17, 15) is 0 Å². The van der Waals surface area contributed by atoms with Crippen LogP contribution in [0.2, 0.25) is 0 Å². The van der Waals surface area contributed by atoms with Crippen LogP contribution < -0.4 is 10.2 Å². The van der Waals surface area contributed by atoms with Crippen molar-refractivity contribution in [3.05, 3.63) is 29.8 Å². The zero-order chi connectivity index (χ0) is 15.3. The minimum absolute atomic E-state index is 0.136. The highest BCUT2D eigenvalue weighted by Crippen LogP contribution is 2.27. The zero-order valence-electron chi connectivity index (χ0n) is 14.0. The number of methoxy groups -OCH3 is 1. The van der Waals surface area contributed by atoms with Crippen LogP contribution in [0.25, 0.3) is 0 Å². The number of ether oxygens (including phenoxy) is 1. The summed E-state index contributed by atoms with van der Waals surface area (Å²) in [6.07, 6.45) is 3.73. The predicted molar refractivity (Wildman–Crippen MR) is 90.1 cm³/mol. The zero-order valence-corrected chi connectivity index (χ0v) is 14.0. The highest BCUT2D eigenvalue weighted by atomic mass is 16.5. The van der Waals surface area contributed by atoms with Gasteiger partial charge in [0.25, 0.3) is 0 Å². The van der Waals surface area contributed by atoms with Crippen LogP contribution >= 0.6 is 0 Å². The van der Waals surface area contributed by atoms with E-state index in [1.807, 2.05) is 0 Å². The molecule has 1 N–H and O–H groups in total. The molecule has 0 amide bonds. The van der Waals surface area contributed by atoms with Crippen LogP contribution in [-0.4, -0.2) is 38.4 Å². The van der Waals surface area contributed by atoms with E-state index in [-0.39, 0.29) is 5.54 Å². The average Bonchev–Trinajstić information content (AvgIpc) is 2.65. The largest absolute Gasteiger partial charge is 0.383 e. The van der Waals surface area contributed by atoms with E-state index >= 15 is 0 Å². The van der Waals surface area contributed by atoms with E-state index in [4.69, 9.17) is 4.74 Å². The van der Waals surface area contributed by atoms with Crippen molar-refractivity contribution in [2.45, 2.75) is 51.6 Å². The van der Waals surface area contributed by atoms with Gasteiger partial charge in [-0.2, -0.15) is 0 Å². The highest BCUT2D eigenvalue weighted by molar-refractivity contribution is 5.55. The number of nitrogens with one attached hydrogen (secondary N) is 1. The first-order valence-corrected chi connectivity index (χ1v) is 8.10. The van der Waals surface area contributed by atoms with Crippen molar-refractivity contribution in [2.75, 3.05) is 31.7 Å². The summed E-state index contributed by atoms with van der Waals surface area (Å²) in [4.78, 5) is 2.55. The van der Waals surface area contributed by atoms with Gasteiger partial charge >= 0.3 is 0 Å². The molecule has 2 rings (SSSR count). The Hall–Kier alpha value is -1.06. The lowest BCUT2D eigenvalue weighted by atomic mass is 10.1. The molecular formula is C18H30N2O. The molecule has 3 heteroatoms. The Morgan fingerprint density at radius 2 is 2.00 bits per heavy atom. The normalized spacial score (nSPS) is 17.2. The standard InChI is InChI=1S/C18H30N2O/c1-18(2,3)19-13-16(14-21-4)20-12-8-7-10-15-9-5-6-11-17(15)20/h5-6,9,11,16,19H,7-8,10,12-14H2,1-4H3. The van der Waals surface area contributed by atoms with Crippen molar-refractivity contribution < 1.29 is 4.74 Å². The summed E-state index contributed by atoms with van der Waals surface area (Å²) in [5.74, 6) is 0. The molecule has 0 bridgehead atoms. The van der Waals surface area contributed by atoms with Gasteiger partial charge in [-0.05, 0) is 51.7 Å². The number of rotatable bonds is 5. The molecular weight excluding hydrogens is 260 g/mol. The van der Waals surface area contributed by atoms with E-state index < -0.39 is 0 Å². The highest BCUT2D eigenvalue weighted by Gasteiger charge is 2.24. The van der Waals surface area contributed by atoms with Crippen LogP contribution in [0.3, 0.4) is 0 Å². The number of hydrogen-bond donors (Lipinski definition) is 1. The minimum atomic E-state index is 0.136. The molecule has 1 aromatic carbocycles. The van der Waals surface area contributed by atoms with Crippen LogP contribution in [0.1, 0.15) is 39.2 Å². The molecule has 1 unspecified atom stereocenters. The molecule has 1 atom stereocenters. The van der Waals surface area contributed by atoms with Crippen LogP contribution in [0, 0.1) is 0 Å². The first kappa shape index (κ1) is 16.3. The van der Waals surface area contributed by atoms with Crippen LogP contribution in [0.15, 0.2) is 24.3 Å². The molecule has 21 heavy (non-hydrogen) atoms. The van der Waals surface area contributed by atoms with Crippen LogP contribution in [-0.2, 0) is 11.2 Å². The van der Waals surface area contributed by atoms with E-state index in [0.717, 1.165) is 19.7 Å². The molecule has 1 aliphatic rings. The van der Waals surface area contributed by atoms with Crippen molar-refractivity contribution in [3.63, 3.8) is 0 Å². The molecule has 0 saturated carbocycles. The average molecular weight is 290 g/mol. The first-order valence-electron chi connectivity index (χ1n) is 8.10. The molecule has 0 fully saturated rings. The van der Waals surface area contributed by atoms with Gasteiger partial charge in [-0.15, -0.1) is 0 Å². The van der Waals surface area contributed by atoms with Crippen molar-refractivity contribution in [3.8, 4) is 0 Å². The van der Waals surface area contributed by atoms with E-state index in [2.05, 4.69) is 55.3 Å². The fraction of sp³-hybridized carbons (Fsp3) is 0.667. The summed E-state index contributed by atoms with van der Waals surface area (Å²) in [6.45, 7) is 9.48. The number of hydrogen-bond acceptors (Lipinski definition) is 3. The van der Waals surface area contributed by atoms with Crippen molar-refractivity contribution in [2.24, 2.45) is 0 Å². The molecule has 118 valence electrons. The Kier molecular flexibility index (Phi) is 5.65. The molecule has 1 heterocycles. The van der Waals surface area contributed by atoms with Crippen molar-refractivity contribution >= 4 is 5.69 Å². The van der Waals surface area contributed by atoms with E-state index in [1.54, 1.807) is 7.11 Å². The number of aryl methyl sites for hydroxylation is 1. The number of anilines is 1. The van der Waals surface area contributed by atoms with Crippen LogP contribution in [0.5, 0.6) is 0 Å². The molecule has 0 saturated heterocycles. The van der Waals surface area contributed by atoms with E-state index in [0.29, 0.717) is 6.04 Å². The van der Waals surface area contributed by atoms with Gasteiger partial charge in [0.05, 0.1) is 12.6 Å². The maximum atomic E-state index is 5.50. The summed E-state index contributed by atoms with van der Waals surface area (Å²) in [5.41, 5.74) is 3.01. The Morgan fingerprint density at radius 1 is 1.24 bits per heavy atom. The van der Waals surface area contributed by atoms with Gasteiger partial charge < -0.3 is 15.0 Å². The number of benzene rings is 1. The van der Waals surface area contributed by atoms with Gasteiger partial charge in [0, 0.05) is 31.4 Å². The molecule has 1 aromatic rings. The fourth-order valence-electron chi connectivity index (χ4n) is 2.98. The molecule has 1 aliphatic heterocycles. The number of nitrogens with zero attached hydrogens (tertiary/aromatic N) is 1. The number of para-hydroxylation sites is 1. The maximum absolute atomic E-state index is 5.50. The second kappa shape index (κ2) is 7.28. The summed E-state index contributed by atoms with van der Waals surface area (Å²) in [5, 5.41) is 3.63. The smallest absolute Gasteiger partial charge is 0.0678 e. The Labute approximate surface area is 129 Å². The summed E-state index contributed by atoms with van der Waals surface area (Å²) >= 11 is 0. The quantitative estimate of drug-likeness (QED) is 0.901. The lowest BCUT2D eigenvalue weighted by Gasteiger charge is -2.35. The number of fused-ring (bicyclic) bond motifs is 1. The molecule has 0 spiro atoms. The van der Waals surface area contributed by atoms with Gasteiger partial charge in [0.2, 0.25) is 0 Å². The second-order valence-corrected chi connectivity index (χ2v) is 7.02. The van der Waals surface area contributed by atoms with E-state index in [1.165, 1.54) is 30.5 Å². The third-order valence-corrected chi connectivity index (χ3v) is 4.06. The molecule has 3 nitrogen and oxygen atoms in total. The van der Waals surface area contributed by atoms with Gasteiger partial charge in [-0.25, -0.2) is 0 Å². The topological polar surface area (TPSA) is 24.5 Å². The first-order chi connectivity index (χ1) is 10.0. The second-order valence-electron chi connectivity index (χ2n) is 7.02. The summed E-state index contributed by atoms with van der Waals surface area (Å²) in [6, 6.07) is 9.22. The molecule has 0 aliphatic carbocycles. The maximum Gasteiger partial charge on any atom is 0.0678 e. The Bertz CT molecular complexity index is 439. The summed E-state index contributed by atoms with van der Waals surface area (Å²) in [7, 11) is 1.80. The predicted octanol–water partition coefficient (Wildman–Crippen LogP) is 3.23. The SMILES string of the molecule is COCC(CNC(C)(C)C)N1CCCCc2ccccc21. The Balaban J connectivity index is 2.18. The van der Waals surface area contributed by atoms with Crippen molar-refractivity contribution in [1.29, 1.82) is 0 Å². The lowest BCUT2D eigenvalue weighted by Crippen LogP contribution is -2.50. The van der Waals surface area contributed by atoms with Gasteiger partial charge in [-0.3, -0.25) is 0 Å². The van der Waals surface area contributed by atoms with Crippen LogP contribution in [0.4, 0.5) is 5.69 Å². The molecule has 0 aromatic heterocycles. The molecule has 0 radical (unpaired) electrons. The third kappa shape index (κ3) is 4.72. The fourth-order valence-corrected chi connectivity index (χ4v) is 2.98. The van der Waals surface area contributed by atoms with Gasteiger partial charge in [0.15, 0.2) is 0 Å². The Morgan fingerprint density at radius 3 is 2.71 bits per heavy atom. The summed E-state index contributed by atoms with van der Waals surface area (Å²) < 4.78 is 5.50. The third-order valence-electron chi connectivity index (χ3n) is 4.06. The van der Waals surface area contributed by atoms with Gasteiger partial charge in [0.1, 0.15) is 0 Å². The van der Waals surface area contributed by atoms with Gasteiger partial charge in [-0.1, -0.05) is 18.2 Å². The minimum Gasteiger partial charge on any atom is -0.383 e. The van der Waals surface area contributed by atoms with Crippen molar-refractivity contribution in [1.82, 2.24) is 5.32 Å². The lowest BCUT2D eigenvalue weighted by molar-refractivity contribution is 0.171.